The van der Waals surface area contributed by atoms with Gasteiger partial charge < -0.3 is 14.8 Å². The summed E-state index contributed by atoms with van der Waals surface area (Å²) >= 11 is 0. The monoisotopic (exact) mass is 396 g/mol. The van der Waals surface area contributed by atoms with Crippen molar-refractivity contribution >= 4 is 28.6 Å². The predicted octanol–water partition coefficient (Wildman–Crippen LogP) is 3.28. The lowest BCUT2D eigenvalue weighted by Crippen LogP contribution is -2.36. The van der Waals surface area contributed by atoms with Crippen LogP contribution in [0.3, 0.4) is 0 Å². The predicted molar refractivity (Wildman–Crippen MR) is 109 cm³/mol. The number of hydrogen-bond acceptors (Lipinski definition) is 6. The number of nitrogens with one attached hydrogen (secondary N) is 1. The van der Waals surface area contributed by atoms with Crippen molar-refractivity contribution in [2.45, 2.75) is 33.4 Å². The van der Waals surface area contributed by atoms with E-state index in [1.807, 2.05) is 20.8 Å². The number of benzene rings is 2. The molecule has 3 rings (SSSR count). The number of methoxy groups -OCH3 is 1. The summed E-state index contributed by atoms with van der Waals surface area (Å²) in [5.41, 5.74) is 2.35. The molecule has 8 heteroatoms. The molecular formula is C21H24N4O4. The fourth-order valence-electron chi connectivity index (χ4n) is 2.90. The Morgan fingerprint density at radius 3 is 2.48 bits per heavy atom. The molecule has 1 atom stereocenters. The second-order valence-electron chi connectivity index (χ2n) is 6.90. The Bertz CT molecular complexity index is 1010. The molecule has 2 aromatic carbocycles. The maximum Gasteiger partial charge on any atom is 0.339 e. The second-order valence-corrected chi connectivity index (χ2v) is 6.90. The molecule has 0 saturated carbocycles. The van der Waals surface area contributed by atoms with E-state index in [0.717, 1.165) is 5.52 Å². The molecule has 0 fully saturated rings. The zero-order valence-corrected chi connectivity index (χ0v) is 16.9. The number of carbonyl (C=O) groups excluding carboxylic acids is 2. The van der Waals surface area contributed by atoms with Crippen molar-refractivity contribution in [2.75, 3.05) is 12.4 Å². The van der Waals surface area contributed by atoms with Gasteiger partial charge in [0, 0.05) is 12.2 Å². The topological polar surface area (TPSA) is 95.3 Å². The van der Waals surface area contributed by atoms with Gasteiger partial charge >= 0.3 is 5.97 Å². The fraction of sp³-hybridized carbons (Fsp3) is 0.333. The summed E-state index contributed by atoms with van der Waals surface area (Å²) < 4.78 is 12.4. The molecule has 3 aromatic rings. The standard InChI is InChI=1S/C21H24N4O4/c1-5-25-18-11-6-14(12-17(18)23-24-25)21(27)29-19(13(2)3)20(26)22-15-7-9-16(28-4)10-8-15/h6-13,19H,5H2,1-4H3,(H,22,26)/t19-/m1/s1. The van der Waals surface area contributed by atoms with Crippen LogP contribution in [0.5, 0.6) is 5.75 Å². The van der Waals surface area contributed by atoms with Crippen LogP contribution >= 0.6 is 0 Å². The Balaban J connectivity index is 1.73. The van der Waals surface area contributed by atoms with Gasteiger partial charge in [-0.1, -0.05) is 19.1 Å². The molecule has 0 saturated heterocycles. The van der Waals surface area contributed by atoms with Gasteiger partial charge in [0.15, 0.2) is 6.10 Å². The Hall–Kier alpha value is -3.42. The van der Waals surface area contributed by atoms with E-state index in [1.165, 1.54) is 0 Å². The van der Waals surface area contributed by atoms with Gasteiger partial charge in [-0.3, -0.25) is 4.79 Å². The van der Waals surface area contributed by atoms with Crippen LogP contribution in [0.1, 0.15) is 31.1 Å². The highest BCUT2D eigenvalue weighted by molar-refractivity contribution is 5.98. The van der Waals surface area contributed by atoms with Crippen molar-refractivity contribution < 1.29 is 19.1 Å². The first-order chi connectivity index (χ1) is 13.9. The number of aromatic nitrogens is 3. The number of ether oxygens (including phenoxy) is 2. The lowest BCUT2D eigenvalue weighted by molar-refractivity contribution is -0.126. The van der Waals surface area contributed by atoms with Gasteiger partial charge in [-0.25, -0.2) is 9.48 Å². The molecule has 1 amide bonds. The summed E-state index contributed by atoms with van der Waals surface area (Å²) in [6.07, 6.45) is -0.938. The van der Waals surface area contributed by atoms with Gasteiger partial charge in [0.2, 0.25) is 0 Å². The fourth-order valence-corrected chi connectivity index (χ4v) is 2.90. The average molecular weight is 396 g/mol. The molecule has 1 aromatic heterocycles. The van der Waals surface area contributed by atoms with Crippen LogP contribution in [-0.2, 0) is 16.1 Å². The van der Waals surface area contributed by atoms with Crippen molar-refractivity contribution in [3.8, 4) is 5.75 Å². The summed E-state index contributed by atoms with van der Waals surface area (Å²) in [7, 11) is 1.57. The molecule has 0 radical (unpaired) electrons. The first-order valence-corrected chi connectivity index (χ1v) is 9.42. The first kappa shape index (κ1) is 20.3. The summed E-state index contributed by atoms with van der Waals surface area (Å²) in [6.45, 7) is 6.29. The van der Waals surface area contributed by atoms with Gasteiger partial charge in [0.1, 0.15) is 11.3 Å². The molecule has 0 aliphatic heterocycles. The largest absolute Gasteiger partial charge is 0.497 e. The molecule has 152 valence electrons. The highest BCUT2D eigenvalue weighted by Gasteiger charge is 2.27. The number of aryl methyl sites for hydroxylation is 1. The number of carbonyl (C=O) groups is 2. The highest BCUT2D eigenvalue weighted by atomic mass is 16.5. The maximum atomic E-state index is 12.7. The van der Waals surface area contributed by atoms with Crippen molar-refractivity contribution in [1.82, 2.24) is 15.0 Å². The Morgan fingerprint density at radius 1 is 1.14 bits per heavy atom. The number of amides is 1. The molecule has 0 unspecified atom stereocenters. The van der Waals surface area contributed by atoms with Gasteiger partial charge in [-0.15, -0.1) is 5.10 Å². The van der Waals surface area contributed by atoms with Crippen LogP contribution in [0.25, 0.3) is 11.0 Å². The third kappa shape index (κ3) is 4.53. The highest BCUT2D eigenvalue weighted by Crippen LogP contribution is 2.19. The maximum absolute atomic E-state index is 12.7. The number of esters is 1. The molecule has 0 aliphatic rings. The van der Waals surface area contributed by atoms with E-state index in [0.29, 0.717) is 29.1 Å². The van der Waals surface area contributed by atoms with Crippen LogP contribution in [0.15, 0.2) is 42.5 Å². The zero-order valence-electron chi connectivity index (χ0n) is 16.9. The molecule has 0 spiro atoms. The quantitative estimate of drug-likeness (QED) is 0.616. The van der Waals surface area contributed by atoms with Gasteiger partial charge in [-0.2, -0.15) is 0 Å². The summed E-state index contributed by atoms with van der Waals surface area (Å²) in [6, 6.07) is 12.0. The molecular weight excluding hydrogens is 372 g/mol. The molecule has 1 heterocycles. The molecule has 0 bridgehead atoms. The van der Waals surface area contributed by atoms with E-state index in [-0.39, 0.29) is 5.92 Å². The van der Waals surface area contributed by atoms with Gasteiger partial charge in [0.05, 0.1) is 18.2 Å². The van der Waals surface area contributed by atoms with Crippen LogP contribution in [0.4, 0.5) is 5.69 Å². The van der Waals surface area contributed by atoms with E-state index in [2.05, 4.69) is 15.6 Å². The second kappa shape index (κ2) is 8.72. The summed E-state index contributed by atoms with van der Waals surface area (Å²) in [5, 5.41) is 10.9. The number of rotatable bonds is 7. The minimum Gasteiger partial charge on any atom is -0.497 e. The molecule has 29 heavy (non-hydrogen) atoms. The zero-order chi connectivity index (χ0) is 21.0. The minimum atomic E-state index is -0.938. The smallest absolute Gasteiger partial charge is 0.339 e. The third-order valence-corrected chi connectivity index (χ3v) is 4.50. The Morgan fingerprint density at radius 2 is 1.86 bits per heavy atom. The van der Waals surface area contributed by atoms with Crippen molar-refractivity contribution in [3.05, 3.63) is 48.0 Å². The molecule has 1 N–H and O–H groups in total. The molecule has 8 nitrogen and oxygen atoms in total. The van der Waals surface area contributed by atoms with Crippen LogP contribution < -0.4 is 10.1 Å². The van der Waals surface area contributed by atoms with Crippen LogP contribution in [0.2, 0.25) is 0 Å². The van der Waals surface area contributed by atoms with Crippen molar-refractivity contribution in [3.63, 3.8) is 0 Å². The SMILES string of the molecule is CCn1nnc2cc(C(=O)O[C@@H](C(=O)Nc3ccc(OC)cc3)C(C)C)ccc21. The third-order valence-electron chi connectivity index (χ3n) is 4.50. The van der Waals surface area contributed by atoms with Crippen LogP contribution in [-0.4, -0.2) is 40.1 Å². The summed E-state index contributed by atoms with van der Waals surface area (Å²) in [4.78, 5) is 25.3. The van der Waals surface area contributed by atoms with Crippen LogP contribution in [0, 0.1) is 5.92 Å². The van der Waals surface area contributed by atoms with E-state index in [4.69, 9.17) is 9.47 Å². The Labute approximate surface area is 168 Å². The molecule has 0 aliphatic carbocycles. The number of fused-ring (bicyclic) bond motifs is 1. The van der Waals surface area contributed by atoms with E-state index in [9.17, 15) is 9.59 Å². The van der Waals surface area contributed by atoms with E-state index >= 15 is 0 Å². The Kier molecular flexibility index (Phi) is 6.11. The lowest BCUT2D eigenvalue weighted by Gasteiger charge is -2.21. The minimum absolute atomic E-state index is 0.207. The number of anilines is 1. The normalized spacial score (nSPS) is 12.0. The van der Waals surface area contributed by atoms with Crippen molar-refractivity contribution in [1.29, 1.82) is 0 Å². The van der Waals surface area contributed by atoms with Gasteiger partial charge in [-0.05, 0) is 55.3 Å². The summed E-state index contributed by atoms with van der Waals surface area (Å²) in [5.74, 6) is -0.495. The number of hydrogen-bond donors (Lipinski definition) is 1. The lowest BCUT2D eigenvalue weighted by atomic mass is 10.1. The van der Waals surface area contributed by atoms with Gasteiger partial charge in [0.25, 0.3) is 5.91 Å². The van der Waals surface area contributed by atoms with Crippen molar-refractivity contribution in [2.24, 2.45) is 5.92 Å². The first-order valence-electron chi connectivity index (χ1n) is 9.42. The number of nitrogens with zero attached hydrogens (tertiary/aromatic N) is 3. The van der Waals surface area contributed by atoms with E-state index in [1.54, 1.807) is 54.3 Å². The van der Waals surface area contributed by atoms with E-state index < -0.39 is 18.0 Å². The average Bonchev–Trinajstić information content (AvgIpc) is 3.14.